The number of nitrogens with zero attached hydrogens (tertiary/aromatic N) is 1. The Hall–Kier alpha value is -2.16. The van der Waals surface area contributed by atoms with Crippen molar-refractivity contribution in [3.05, 3.63) is 71.5 Å². The first-order valence-corrected chi connectivity index (χ1v) is 7.75. The average molecular weight is 297 g/mol. The molecule has 3 rings (SSSR count). The number of halogens is 1. The van der Waals surface area contributed by atoms with Crippen LogP contribution in [0.5, 0.6) is 0 Å². The number of rotatable bonds is 3. The predicted octanol–water partition coefficient (Wildman–Crippen LogP) is 4.29. The molecule has 0 N–H and O–H groups in total. The maximum Gasteiger partial charge on any atom is 0.223 e. The van der Waals surface area contributed by atoms with Crippen LogP contribution in [-0.4, -0.2) is 17.4 Å². The van der Waals surface area contributed by atoms with E-state index in [1.54, 1.807) is 12.1 Å². The van der Waals surface area contributed by atoms with Gasteiger partial charge in [0.05, 0.1) is 6.04 Å². The van der Waals surface area contributed by atoms with Crippen molar-refractivity contribution in [3.8, 4) is 0 Å². The topological polar surface area (TPSA) is 20.3 Å². The number of carbonyl (C=O) groups excluding carboxylic acids is 1. The van der Waals surface area contributed by atoms with E-state index in [0.29, 0.717) is 6.42 Å². The van der Waals surface area contributed by atoms with Crippen LogP contribution in [0.15, 0.2) is 54.6 Å². The number of carbonyl (C=O) groups is 1. The zero-order chi connectivity index (χ0) is 15.5. The minimum absolute atomic E-state index is 0.0999. The second-order valence-corrected chi connectivity index (χ2v) is 5.92. The van der Waals surface area contributed by atoms with Gasteiger partial charge in [-0.25, -0.2) is 4.39 Å². The lowest BCUT2D eigenvalue weighted by Gasteiger charge is -2.36. The summed E-state index contributed by atoms with van der Waals surface area (Å²) < 4.78 is 13.0. The minimum Gasteiger partial charge on any atom is -0.336 e. The van der Waals surface area contributed by atoms with Crippen LogP contribution < -0.4 is 0 Å². The van der Waals surface area contributed by atoms with Crippen LogP contribution in [0.1, 0.15) is 42.9 Å². The molecule has 22 heavy (non-hydrogen) atoms. The number of likely N-dealkylation sites (tertiary alicyclic amines) is 1. The van der Waals surface area contributed by atoms with Crippen LogP contribution >= 0.6 is 0 Å². The number of benzene rings is 2. The lowest BCUT2D eigenvalue weighted by atomic mass is 9.88. The fraction of sp³-hybridized carbons (Fsp3) is 0.316. The van der Waals surface area contributed by atoms with Crippen molar-refractivity contribution in [2.45, 2.75) is 31.7 Å². The molecule has 114 valence electrons. The van der Waals surface area contributed by atoms with Gasteiger partial charge in [-0.3, -0.25) is 4.79 Å². The quantitative estimate of drug-likeness (QED) is 0.827. The highest BCUT2D eigenvalue weighted by atomic mass is 19.1. The van der Waals surface area contributed by atoms with Crippen LogP contribution in [0.2, 0.25) is 0 Å². The fourth-order valence-electron chi connectivity index (χ4n) is 3.19. The smallest absolute Gasteiger partial charge is 0.223 e. The summed E-state index contributed by atoms with van der Waals surface area (Å²) in [6, 6.07) is 16.7. The monoisotopic (exact) mass is 297 g/mol. The molecule has 0 aliphatic carbocycles. The Labute approximate surface area is 130 Å². The third-order valence-electron chi connectivity index (χ3n) is 4.55. The highest BCUT2D eigenvalue weighted by Gasteiger charge is 2.30. The number of piperidine rings is 1. The highest BCUT2D eigenvalue weighted by molar-refractivity contribution is 5.78. The SMILES string of the molecule is CC(c1ccccc1)N1CCC(c2ccc(F)cc2)CC1=O. The standard InChI is InChI=1S/C19H20FNO/c1-14(15-5-3-2-4-6-15)21-12-11-17(13-19(21)22)16-7-9-18(20)10-8-16/h2-10,14,17H,11-13H2,1H3. The first-order chi connectivity index (χ1) is 10.6. The zero-order valence-corrected chi connectivity index (χ0v) is 12.7. The summed E-state index contributed by atoms with van der Waals surface area (Å²) in [5, 5.41) is 0. The van der Waals surface area contributed by atoms with Gasteiger partial charge in [0, 0.05) is 13.0 Å². The molecule has 1 aliphatic rings. The van der Waals surface area contributed by atoms with Gasteiger partial charge in [0.1, 0.15) is 5.82 Å². The van der Waals surface area contributed by atoms with Gasteiger partial charge in [0.2, 0.25) is 5.91 Å². The van der Waals surface area contributed by atoms with E-state index < -0.39 is 0 Å². The molecular weight excluding hydrogens is 277 g/mol. The van der Waals surface area contributed by atoms with E-state index in [1.807, 2.05) is 23.1 Å². The number of hydrogen-bond acceptors (Lipinski definition) is 1. The van der Waals surface area contributed by atoms with Crippen LogP contribution in [0.3, 0.4) is 0 Å². The molecule has 0 saturated carbocycles. The molecule has 3 heteroatoms. The van der Waals surface area contributed by atoms with Gasteiger partial charge >= 0.3 is 0 Å². The number of amides is 1. The normalized spacial score (nSPS) is 20.0. The molecule has 0 aromatic heterocycles. The summed E-state index contributed by atoms with van der Waals surface area (Å²) in [5.74, 6) is 0.148. The van der Waals surface area contributed by atoms with E-state index in [4.69, 9.17) is 0 Å². The van der Waals surface area contributed by atoms with Crippen LogP contribution in [0.25, 0.3) is 0 Å². The summed E-state index contributed by atoms with van der Waals surface area (Å²) >= 11 is 0. The summed E-state index contributed by atoms with van der Waals surface area (Å²) in [6.07, 6.45) is 1.43. The summed E-state index contributed by atoms with van der Waals surface area (Å²) in [7, 11) is 0. The molecule has 1 heterocycles. The Morgan fingerprint density at radius 1 is 1.09 bits per heavy atom. The molecule has 0 spiro atoms. The van der Waals surface area contributed by atoms with Gasteiger partial charge in [-0.05, 0) is 42.5 Å². The average Bonchev–Trinajstić information content (AvgIpc) is 2.56. The van der Waals surface area contributed by atoms with Crippen molar-refractivity contribution < 1.29 is 9.18 Å². The summed E-state index contributed by atoms with van der Waals surface area (Å²) in [6.45, 7) is 2.82. The van der Waals surface area contributed by atoms with Crippen LogP contribution in [-0.2, 0) is 4.79 Å². The Kier molecular flexibility index (Phi) is 4.23. The van der Waals surface area contributed by atoms with Crippen molar-refractivity contribution in [1.29, 1.82) is 0 Å². The molecule has 2 atom stereocenters. The molecule has 0 bridgehead atoms. The number of hydrogen-bond donors (Lipinski definition) is 0. The van der Waals surface area contributed by atoms with Gasteiger partial charge in [-0.2, -0.15) is 0 Å². The van der Waals surface area contributed by atoms with E-state index >= 15 is 0 Å². The van der Waals surface area contributed by atoms with E-state index in [9.17, 15) is 9.18 Å². The molecule has 2 aromatic carbocycles. The third kappa shape index (κ3) is 3.03. The molecule has 0 radical (unpaired) electrons. The summed E-state index contributed by atoms with van der Waals surface area (Å²) in [4.78, 5) is 14.5. The van der Waals surface area contributed by atoms with Gasteiger partial charge in [0.25, 0.3) is 0 Å². The molecule has 1 aliphatic heterocycles. The van der Waals surface area contributed by atoms with Gasteiger partial charge < -0.3 is 4.90 Å². The molecule has 1 amide bonds. The lowest BCUT2D eigenvalue weighted by molar-refractivity contribution is -0.136. The van der Waals surface area contributed by atoms with Crippen molar-refractivity contribution in [3.63, 3.8) is 0 Å². The lowest BCUT2D eigenvalue weighted by Crippen LogP contribution is -2.39. The molecule has 2 aromatic rings. The highest BCUT2D eigenvalue weighted by Crippen LogP contribution is 2.32. The fourth-order valence-corrected chi connectivity index (χ4v) is 3.19. The van der Waals surface area contributed by atoms with Crippen LogP contribution in [0, 0.1) is 5.82 Å². The Morgan fingerprint density at radius 2 is 1.77 bits per heavy atom. The maximum absolute atomic E-state index is 13.0. The second-order valence-electron chi connectivity index (χ2n) is 5.92. The van der Waals surface area contributed by atoms with E-state index in [0.717, 1.165) is 24.1 Å². The van der Waals surface area contributed by atoms with E-state index in [1.165, 1.54) is 12.1 Å². The zero-order valence-electron chi connectivity index (χ0n) is 12.7. The van der Waals surface area contributed by atoms with Gasteiger partial charge in [-0.1, -0.05) is 42.5 Å². The summed E-state index contributed by atoms with van der Waals surface area (Å²) in [5.41, 5.74) is 2.22. The van der Waals surface area contributed by atoms with E-state index in [2.05, 4.69) is 19.1 Å². The van der Waals surface area contributed by atoms with Crippen molar-refractivity contribution in [2.75, 3.05) is 6.54 Å². The largest absolute Gasteiger partial charge is 0.336 e. The molecule has 1 saturated heterocycles. The first kappa shape index (κ1) is 14.8. The molecule has 2 unspecified atom stereocenters. The second kappa shape index (κ2) is 6.30. The van der Waals surface area contributed by atoms with Gasteiger partial charge in [-0.15, -0.1) is 0 Å². The van der Waals surface area contributed by atoms with E-state index in [-0.39, 0.29) is 23.7 Å². The third-order valence-corrected chi connectivity index (χ3v) is 4.55. The Bertz CT molecular complexity index is 638. The van der Waals surface area contributed by atoms with Crippen molar-refractivity contribution >= 4 is 5.91 Å². The van der Waals surface area contributed by atoms with Gasteiger partial charge in [0.15, 0.2) is 0 Å². The minimum atomic E-state index is -0.231. The molecular formula is C19H20FNO. The van der Waals surface area contributed by atoms with Crippen molar-refractivity contribution in [1.82, 2.24) is 4.90 Å². The maximum atomic E-state index is 13.0. The van der Waals surface area contributed by atoms with Crippen molar-refractivity contribution in [2.24, 2.45) is 0 Å². The predicted molar refractivity (Wildman–Crippen MR) is 84.9 cm³/mol. The van der Waals surface area contributed by atoms with Crippen LogP contribution in [0.4, 0.5) is 4.39 Å². The first-order valence-electron chi connectivity index (χ1n) is 7.75. The Balaban J connectivity index is 1.70. The molecule has 1 fully saturated rings. The molecule has 2 nitrogen and oxygen atoms in total. The Morgan fingerprint density at radius 3 is 2.41 bits per heavy atom.